The molecule has 3 heteroatoms. The van der Waals surface area contributed by atoms with Gasteiger partial charge in [-0.3, -0.25) is 0 Å². The highest BCUT2D eigenvalue weighted by molar-refractivity contribution is 9.10. The second-order valence-electron chi connectivity index (χ2n) is 6.67. The van der Waals surface area contributed by atoms with E-state index < -0.39 is 0 Å². The van der Waals surface area contributed by atoms with Gasteiger partial charge in [0.2, 0.25) is 0 Å². The Hall–Kier alpha value is -1.01. The Bertz CT molecular complexity index is 520. The molecule has 1 aliphatic carbocycles. The first-order valence-electron chi connectivity index (χ1n) is 7.78. The number of nitriles is 1. The molecular formula is C18H24BrNO. The first kappa shape index (κ1) is 16.4. The summed E-state index contributed by atoms with van der Waals surface area (Å²) < 4.78 is 7.15. The van der Waals surface area contributed by atoms with Gasteiger partial charge < -0.3 is 4.74 Å². The fourth-order valence-corrected chi connectivity index (χ4v) is 3.49. The summed E-state index contributed by atoms with van der Waals surface area (Å²) in [6.45, 7) is 6.92. The predicted octanol–water partition coefficient (Wildman–Crippen LogP) is 5.57. The monoisotopic (exact) mass is 349 g/mol. The van der Waals surface area contributed by atoms with E-state index in [1.807, 2.05) is 24.3 Å². The van der Waals surface area contributed by atoms with Crippen LogP contribution in [-0.4, -0.2) is 6.10 Å². The van der Waals surface area contributed by atoms with Gasteiger partial charge >= 0.3 is 0 Å². The summed E-state index contributed by atoms with van der Waals surface area (Å²) in [5.74, 6) is 1.47. The second kappa shape index (κ2) is 6.83. The van der Waals surface area contributed by atoms with Crippen molar-refractivity contribution in [3.05, 3.63) is 28.7 Å². The molecule has 1 aromatic carbocycles. The Morgan fingerprint density at radius 2 is 2.05 bits per heavy atom. The van der Waals surface area contributed by atoms with Crippen LogP contribution in [0.25, 0.3) is 0 Å². The highest BCUT2D eigenvalue weighted by Gasteiger charge is 2.38. The molecule has 3 atom stereocenters. The molecule has 0 N–H and O–H groups in total. The van der Waals surface area contributed by atoms with Gasteiger partial charge in [-0.2, -0.15) is 5.26 Å². The van der Waals surface area contributed by atoms with E-state index in [9.17, 15) is 5.26 Å². The molecule has 0 amide bonds. The van der Waals surface area contributed by atoms with Gasteiger partial charge in [0.05, 0.1) is 16.5 Å². The van der Waals surface area contributed by atoms with Gasteiger partial charge in [0.15, 0.2) is 0 Å². The number of hydrogen-bond donors (Lipinski definition) is 0. The van der Waals surface area contributed by atoms with E-state index in [1.165, 1.54) is 0 Å². The van der Waals surface area contributed by atoms with Gasteiger partial charge in [-0.05, 0) is 58.7 Å². The first-order chi connectivity index (χ1) is 9.97. The molecule has 1 aromatic rings. The van der Waals surface area contributed by atoms with Gasteiger partial charge in [0.25, 0.3) is 0 Å². The maximum Gasteiger partial charge on any atom is 0.133 e. The number of rotatable bonds is 4. The minimum Gasteiger partial charge on any atom is -0.488 e. The van der Waals surface area contributed by atoms with Crippen molar-refractivity contribution in [1.29, 1.82) is 5.26 Å². The van der Waals surface area contributed by atoms with E-state index in [-0.39, 0.29) is 12.0 Å². The fraction of sp³-hybridized carbons (Fsp3) is 0.611. The lowest BCUT2D eigenvalue weighted by Crippen LogP contribution is -2.38. The normalized spacial score (nSPS) is 26.1. The highest BCUT2D eigenvalue weighted by atomic mass is 79.9. The Labute approximate surface area is 136 Å². The van der Waals surface area contributed by atoms with Crippen LogP contribution >= 0.6 is 15.9 Å². The van der Waals surface area contributed by atoms with Gasteiger partial charge in [0, 0.05) is 0 Å². The van der Waals surface area contributed by atoms with Crippen LogP contribution in [0.1, 0.15) is 46.5 Å². The van der Waals surface area contributed by atoms with Crippen LogP contribution in [0.4, 0.5) is 0 Å². The molecule has 2 rings (SSSR count). The van der Waals surface area contributed by atoms with Gasteiger partial charge in [-0.1, -0.05) is 39.3 Å². The van der Waals surface area contributed by atoms with Crippen LogP contribution in [0, 0.1) is 28.6 Å². The average Bonchev–Trinajstić information content (AvgIpc) is 2.49. The van der Waals surface area contributed by atoms with Gasteiger partial charge in [-0.25, -0.2) is 0 Å². The Morgan fingerprint density at radius 1 is 1.33 bits per heavy atom. The molecule has 0 bridgehead atoms. The average molecular weight is 350 g/mol. The quantitative estimate of drug-likeness (QED) is 0.711. The summed E-state index contributed by atoms with van der Waals surface area (Å²) in [6, 6.07) is 10.3. The molecule has 0 saturated heterocycles. The van der Waals surface area contributed by atoms with Crippen LogP contribution in [0.5, 0.6) is 5.75 Å². The molecular weight excluding hydrogens is 326 g/mol. The van der Waals surface area contributed by atoms with Crippen LogP contribution < -0.4 is 4.74 Å². The standard InChI is InChI=1S/C18H24BrNO/c1-4-18(2,3)14-10-9-13(12-20)17(11-14)21-16-8-6-5-7-15(16)19/h5-8,13-14,17H,4,9-11H2,1-3H3. The predicted molar refractivity (Wildman–Crippen MR) is 89.1 cm³/mol. The minimum atomic E-state index is -0.00160. The van der Waals surface area contributed by atoms with Crippen LogP contribution in [0.3, 0.4) is 0 Å². The summed E-state index contributed by atoms with van der Waals surface area (Å²) in [5, 5.41) is 9.41. The molecule has 0 radical (unpaired) electrons. The molecule has 0 heterocycles. The topological polar surface area (TPSA) is 33.0 Å². The lowest BCUT2D eigenvalue weighted by Gasteiger charge is -2.41. The van der Waals surface area contributed by atoms with Gasteiger partial charge in [0.1, 0.15) is 11.9 Å². The number of hydrogen-bond acceptors (Lipinski definition) is 2. The van der Waals surface area contributed by atoms with Crippen molar-refractivity contribution >= 4 is 15.9 Å². The maximum absolute atomic E-state index is 9.41. The van der Waals surface area contributed by atoms with Crippen LogP contribution in [0.2, 0.25) is 0 Å². The smallest absolute Gasteiger partial charge is 0.133 e. The zero-order valence-electron chi connectivity index (χ0n) is 13.1. The van der Waals surface area contributed by atoms with Crippen molar-refractivity contribution in [2.75, 3.05) is 0 Å². The van der Waals surface area contributed by atoms with E-state index in [1.54, 1.807) is 0 Å². The zero-order chi connectivity index (χ0) is 15.5. The van der Waals surface area contributed by atoms with Crippen molar-refractivity contribution in [3.63, 3.8) is 0 Å². The van der Waals surface area contributed by atoms with Crippen molar-refractivity contribution in [2.24, 2.45) is 17.3 Å². The van der Waals surface area contributed by atoms with Crippen LogP contribution in [0.15, 0.2) is 28.7 Å². The first-order valence-corrected chi connectivity index (χ1v) is 8.58. The van der Waals surface area contributed by atoms with Crippen molar-refractivity contribution in [2.45, 2.75) is 52.6 Å². The molecule has 21 heavy (non-hydrogen) atoms. The maximum atomic E-state index is 9.41. The number of benzene rings is 1. The minimum absolute atomic E-state index is 0.000937. The number of ether oxygens (including phenoxy) is 1. The molecule has 1 aliphatic rings. The summed E-state index contributed by atoms with van der Waals surface area (Å²) in [7, 11) is 0. The summed E-state index contributed by atoms with van der Waals surface area (Å²) >= 11 is 3.53. The Morgan fingerprint density at radius 3 is 2.67 bits per heavy atom. The van der Waals surface area contributed by atoms with Crippen molar-refractivity contribution < 1.29 is 4.74 Å². The largest absolute Gasteiger partial charge is 0.488 e. The third-order valence-corrected chi connectivity index (χ3v) is 5.74. The molecule has 1 saturated carbocycles. The molecule has 114 valence electrons. The van der Waals surface area contributed by atoms with E-state index in [2.05, 4.69) is 42.8 Å². The van der Waals surface area contributed by atoms with Crippen molar-refractivity contribution in [3.8, 4) is 11.8 Å². The molecule has 0 spiro atoms. The third kappa shape index (κ3) is 3.80. The molecule has 0 aliphatic heterocycles. The number of para-hydroxylation sites is 1. The van der Waals surface area contributed by atoms with E-state index in [0.717, 1.165) is 35.9 Å². The highest BCUT2D eigenvalue weighted by Crippen LogP contribution is 2.43. The third-order valence-electron chi connectivity index (χ3n) is 5.09. The molecule has 3 unspecified atom stereocenters. The van der Waals surface area contributed by atoms with E-state index in [4.69, 9.17) is 4.74 Å². The molecule has 0 aromatic heterocycles. The molecule has 2 nitrogen and oxygen atoms in total. The van der Waals surface area contributed by atoms with Gasteiger partial charge in [-0.15, -0.1) is 0 Å². The lowest BCUT2D eigenvalue weighted by atomic mass is 9.67. The van der Waals surface area contributed by atoms with Crippen LogP contribution in [-0.2, 0) is 0 Å². The second-order valence-corrected chi connectivity index (χ2v) is 7.53. The SMILES string of the molecule is CCC(C)(C)C1CCC(C#N)C(Oc2ccccc2Br)C1. The summed E-state index contributed by atoms with van der Waals surface area (Å²) in [5.41, 5.74) is 0.315. The number of halogens is 1. The fourth-order valence-electron chi connectivity index (χ4n) is 3.11. The lowest BCUT2D eigenvalue weighted by molar-refractivity contribution is 0.0406. The Balaban J connectivity index is 2.15. The zero-order valence-corrected chi connectivity index (χ0v) is 14.7. The number of nitrogens with zero attached hydrogens (tertiary/aromatic N) is 1. The Kier molecular flexibility index (Phi) is 5.32. The van der Waals surface area contributed by atoms with E-state index in [0.29, 0.717) is 11.3 Å². The summed E-state index contributed by atoms with van der Waals surface area (Å²) in [4.78, 5) is 0. The summed E-state index contributed by atoms with van der Waals surface area (Å²) in [6.07, 6.45) is 4.21. The van der Waals surface area contributed by atoms with E-state index >= 15 is 0 Å². The molecule has 1 fully saturated rings. The van der Waals surface area contributed by atoms with Crippen molar-refractivity contribution in [1.82, 2.24) is 0 Å².